The maximum Gasteiger partial charge on any atom is 0.255 e. The van der Waals surface area contributed by atoms with E-state index in [9.17, 15) is 13.2 Å². The predicted octanol–water partition coefficient (Wildman–Crippen LogP) is 4.91. The van der Waals surface area contributed by atoms with Crippen LogP contribution in [-0.4, -0.2) is 48.4 Å². The summed E-state index contributed by atoms with van der Waals surface area (Å²) in [5, 5.41) is 0.0823. The Kier molecular flexibility index (Phi) is 6.70. The van der Waals surface area contributed by atoms with Gasteiger partial charge < -0.3 is 14.6 Å². The summed E-state index contributed by atoms with van der Waals surface area (Å²) < 4.78 is 33.4. The third-order valence-electron chi connectivity index (χ3n) is 6.13. The zero-order valence-corrected chi connectivity index (χ0v) is 22.3. The number of sulfonamides is 1. The minimum absolute atomic E-state index is 0.0152. The van der Waals surface area contributed by atoms with Gasteiger partial charge in [0.2, 0.25) is 10.0 Å². The predicted molar refractivity (Wildman–Crippen MR) is 143 cm³/mol. The van der Waals surface area contributed by atoms with Crippen molar-refractivity contribution in [3.63, 3.8) is 0 Å². The molecule has 37 heavy (non-hydrogen) atoms. The van der Waals surface area contributed by atoms with Gasteiger partial charge in [-0.05, 0) is 74.4 Å². The van der Waals surface area contributed by atoms with Crippen LogP contribution in [0.1, 0.15) is 35.6 Å². The summed E-state index contributed by atoms with van der Waals surface area (Å²) in [6.07, 6.45) is 0. The van der Waals surface area contributed by atoms with E-state index in [1.807, 2.05) is 37.3 Å². The molecule has 10 heteroatoms. The van der Waals surface area contributed by atoms with Crippen LogP contribution in [0, 0.1) is 6.92 Å². The Morgan fingerprint density at radius 3 is 2.62 bits per heavy atom. The molecule has 192 valence electrons. The van der Waals surface area contributed by atoms with Gasteiger partial charge in [0.05, 0.1) is 33.1 Å². The molecule has 1 amide bonds. The first-order valence-electron chi connectivity index (χ1n) is 11.9. The Labute approximate surface area is 220 Å². The van der Waals surface area contributed by atoms with E-state index in [4.69, 9.17) is 16.3 Å². The number of rotatable bonds is 5. The Bertz CT molecular complexity index is 1610. The molecule has 0 unspecified atom stereocenters. The number of ether oxygens (including phenoxy) is 1. The highest BCUT2D eigenvalue weighted by Gasteiger charge is 2.25. The van der Waals surface area contributed by atoms with E-state index in [0.717, 1.165) is 39.3 Å². The number of carbonyl (C=O) groups is 1. The molecule has 0 saturated heterocycles. The Balaban J connectivity index is 1.41. The monoisotopic (exact) mass is 538 g/mol. The van der Waals surface area contributed by atoms with Crippen molar-refractivity contribution in [1.29, 1.82) is 0 Å². The van der Waals surface area contributed by atoms with E-state index in [2.05, 4.69) is 20.8 Å². The van der Waals surface area contributed by atoms with Crippen molar-refractivity contribution in [3.8, 4) is 16.9 Å². The number of imidazole rings is 1. The Morgan fingerprint density at radius 1 is 1.11 bits per heavy atom. The lowest BCUT2D eigenvalue weighted by atomic mass is 10.0. The van der Waals surface area contributed by atoms with E-state index >= 15 is 0 Å². The van der Waals surface area contributed by atoms with Crippen LogP contribution in [0.5, 0.6) is 5.75 Å². The zero-order valence-electron chi connectivity index (χ0n) is 20.7. The van der Waals surface area contributed by atoms with E-state index in [1.54, 1.807) is 18.7 Å². The highest BCUT2D eigenvalue weighted by atomic mass is 35.5. The molecule has 1 aliphatic rings. The van der Waals surface area contributed by atoms with Gasteiger partial charge in [-0.1, -0.05) is 23.7 Å². The number of fused-ring (bicyclic) bond motifs is 2. The molecule has 0 aliphatic carbocycles. The summed E-state index contributed by atoms with van der Waals surface area (Å²) in [4.78, 5) is 22.8. The van der Waals surface area contributed by atoms with Gasteiger partial charge in [0.25, 0.3) is 5.91 Å². The number of aryl methyl sites for hydroxylation is 1. The third kappa shape index (κ3) is 5.20. The molecule has 1 aliphatic heterocycles. The lowest BCUT2D eigenvalue weighted by Crippen LogP contribution is -2.33. The smallest absolute Gasteiger partial charge is 0.255 e. The Hall–Kier alpha value is -3.40. The molecular weight excluding hydrogens is 512 g/mol. The minimum atomic E-state index is -3.72. The van der Waals surface area contributed by atoms with E-state index in [0.29, 0.717) is 19.7 Å². The number of nitrogens with one attached hydrogen (secondary N) is 2. The average Bonchev–Trinajstić information content (AvgIpc) is 3.08. The van der Waals surface area contributed by atoms with Crippen LogP contribution in [0.2, 0.25) is 5.02 Å². The molecule has 0 spiro atoms. The standard InChI is InChI=1S/C27H27ClN4O4S/c1-16(2)31-37(34,35)21-6-7-22(23(28)14-21)27(33)32-10-11-36-26-9-5-18(12-20(26)15-32)19-4-8-24-25(13-19)30-17(3)29-24/h4-9,12-14,16,31H,10-11,15H2,1-3H3,(H,29,30). The SMILES string of the molecule is Cc1nc2ccc(-c3ccc4c(c3)CN(C(=O)c3ccc(S(=O)(=O)NC(C)C)cc3Cl)CCO4)cc2[nH]1. The van der Waals surface area contributed by atoms with Crippen LogP contribution in [-0.2, 0) is 16.6 Å². The molecule has 0 saturated carbocycles. The van der Waals surface area contributed by atoms with Crippen molar-refractivity contribution >= 4 is 38.6 Å². The van der Waals surface area contributed by atoms with Crippen LogP contribution in [0.4, 0.5) is 0 Å². The van der Waals surface area contributed by atoms with E-state index in [1.165, 1.54) is 18.2 Å². The van der Waals surface area contributed by atoms with Gasteiger partial charge in [-0.3, -0.25) is 4.79 Å². The van der Waals surface area contributed by atoms with Crippen LogP contribution in [0.25, 0.3) is 22.2 Å². The number of hydrogen-bond donors (Lipinski definition) is 2. The van der Waals surface area contributed by atoms with Crippen molar-refractivity contribution in [1.82, 2.24) is 19.6 Å². The number of H-pyrrole nitrogens is 1. The molecule has 3 aromatic carbocycles. The number of aromatic nitrogens is 2. The zero-order chi connectivity index (χ0) is 26.3. The largest absolute Gasteiger partial charge is 0.491 e. The number of halogens is 1. The molecule has 2 heterocycles. The number of aromatic amines is 1. The number of carbonyl (C=O) groups excluding carboxylic acids is 1. The van der Waals surface area contributed by atoms with Crippen LogP contribution in [0.15, 0.2) is 59.5 Å². The van der Waals surface area contributed by atoms with Gasteiger partial charge in [0.1, 0.15) is 18.2 Å². The fourth-order valence-electron chi connectivity index (χ4n) is 4.45. The second kappa shape index (κ2) is 9.81. The summed E-state index contributed by atoms with van der Waals surface area (Å²) in [5.74, 6) is 1.30. The third-order valence-corrected chi connectivity index (χ3v) is 8.10. The fourth-order valence-corrected chi connectivity index (χ4v) is 6.05. The van der Waals surface area contributed by atoms with E-state index < -0.39 is 10.0 Å². The summed E-state index contributed by atoms with van der Waals surface area (Å²) in [5.41, 5.74) is 5.01. The second-order valence-corrected chi connectivity index (χ2v) is 11.5. The summed E-state index contributed by atoms with van der Waals surface area (Å²) in [6.45, 7) is 6.43. The highest BCUT2D eigenvalue weighted by Crippen LogP contribution is 2.32. The molecule has 0 bridgehead atoms. The normalized spacial score (nSPS) is 13.9. The van der Waals surface area contributed by atoms with E-state index in [-0.39, 0.29) is 27.4 Å². The van der Waals surface area contributed by atoms with Gasteiger partial charge >= 0.3 is 0 Å². The molecule has 0 atom stereocenters. The van der Waals surface area contributed by atoms with Crippen LogP contribution in [0.3, 0.4) is 0 Å². The Morgan fingerprint density at radius 2 is 1.86 bits per heavy atom. The molecule has 0 fully saturated rings. The maximum atomic E-state index is 13.4. The quantitative estimate of drug-likeness (QED) is 0.375. The van der Waals surface area contributed by atoms with Crippen molar-refractivity contribution < 1.29 is 17.9 Å². The number of benzene rings is 3. The van der Waals surface area contributed by atoms with Gasteiger partial charge in [-0.2, -0.15) is 0 Å². The molecule has 1 aromatic heterocycles. The lowest BCUT2D eigenvalue weighted by molar-refractivity contribution is 0.0733. The topological polar surface area (TPSA) is 104 Å². The van der Waals surface area contributed by atoms with Crippen LogP contribution < -0.4 is 9.46 Å². The maximum absolute atomic E-state index is 13.4. The number of amides is 1. The number of hydrogen-bond acceptors (Lipinski definition) is 5. The molecule has 5 rings (SSSR count). The molecule has 8 nitrogen and oxygen atoms in total. The van der Waals surface area contributed by atoms with Crippen molar-refractivity contribution in [2.45, 2.75) is 38.3 Å². The van der Waals surface area contributed by atoms with Crippen molar-refractivity contribution in [2.24, 2.45) is 0 Å². The first kappa shape index (κ1) is 25.3. The average molecular weight is 539 g/mol. The molecule has 2 N–H and O–H groups in total. The molecule has 0 radical (unpaired) electrons. The van der Waals surface area contributed by atoms with Gasteiger partial charge in [0, 0.05) is 18.2 Å². The number of nitrogens with zero attached hydrogens (tertiary/aromatic N) is 2. The summed E-state index contributed by atoms with van der Waals surface area (Å²) in [7, 11) is -3.72. The lowest BCUT2D eigenvalue weighted by Gasteiger charge is -2.21. The van der Waals surface area contributed by atoms with Crippen molar-refractivity contribution in [3.05, 3.63) is 76.6 Å². The van der Waals surface area contributed by atoms with Gasteiger partial charge in [-0.15, -0.1) is 0 Å². The molecule has 4 aromatic rings. The second-order valence-electron chi connectivity index (χ2n) is 9.37. The minimum Gasteiger partial charge on any atom is -0.491 e. The molecular formula is C27H27ClN4O4S. The van der Waals surface area contributed by atoms with Gasteiger partial charge in [0.15, 0.2) is 0 Å². The summed E-state index contributed by atoms with van der Waals surface area (Å²) in [6, 6.07) is 15.9. The summed E-state index contributed by atoms with van der Waals surface area (Å²) >= 11 is 6.40. The first-order valence-corrected chi connectivity index (χ1v) is 13.8. The van der Waals surface area contributed by atoms with Crippen LogP contribution >= 0.6 is 11.6 Å². The fraction of sp³-hybridized carbons (Fsp3) is 0.259. The van der Waals surface area contributed by atoms with Gasteiger partial charge in [-0.25, -0.2) is 18.1 Å². The highest BCUT2D eigenvalue weighted by molar-refractivity contribution is 7.89. The first-order chi connectivity index (χ1) is 17.6. The van der Waals surface area contributed by atoms with Crippen molar-refractivity contribution in [2.75, 3.05) is 13.2 Å².